The van der Waals surface area contributed by atoms with E-state index in [2.05, 4.69) is 10.9 Å². The van der Waals surface area contributed by atoms with Crippen molar-refractivity contribution in [3.8, 4) is 0 Å². The van der Waals surface area contributed by atoms with Crippen molar-refractivity contribution in [3.63, 3.8) is 0 Å². The summed E-state index contributed by atoms with van der Waals surface area (Å²) in [5.74, 6) is -1.13. The standard InChI is InChI=1S/C22H18Cl2N2O3/c1-29-21(28)22(15-8-4-2-5-9-15,16-10-6-3-7-11-16)26-25-20(27)18-14-17(23)12-13-19(18)24/h2-14,26H,1H3,(H,25,27). The predicted molar refractivity (Wildman–Crippen MR) is 113 cm³/mol. The molecule has 0 aromatic heterocycles. The van der Waals surface area contributed by atoms with Gasteiger partial charge in [-0.3, -0.25) is 10.2 Å². The first-order valence-corrected chi connectivity index (χ1v) is 9.46. The Morgan fingerprint density at radius 1 is 0.862 bits per heavy atom. The van der Waals surface area contributed by atoms with Gasteiger partial charge in [0.15, 0.2) is 5.54 Å². The number of methoxy groups -OCH3 is 1. The normalized spacial score (nSPS) is 11.0. The van der Waals surface area contributed by atoms with Crippen LogP contribution in [0.15, 0.2) is 78.9 Å². The molecule has 0 unspecified atom stereocenters. The zero-order valence-electron chi connectivity index (χ0n) is 15.5. The third-order valence-corrected chi connectivity index (χ3v) is 5.01. The van der Waals surface area contributed by atoms with Crippen molar-refractivity contribution in [2.24, 2.45) is 0 Å². The number of esters is 1. The predicted octanol–water partition coefficient (Wildman–Crippen LogP) is 4.34. The van der Waals surface area contributed by atoms with Gasteiger partial charge >= 0.3 is 5.97 Å². The quantitative estimate of drug-likeness (QED) is 0.452. The molecule has 3 rings (SSSR count). The van der Waals surface area contributed by atoms with Gasteiger partial charge in [-0.1, -0.05) is 83.9 Å². The molecule has 0 saturated carbocycles. The summed E-state index contributed by atoms with van der Waals surface area (Å²) in [4.78, 5) is 25.8. The monoisotopic (exact) mass is 428 g/mol. The Kier molecular flexibility index (Phi) is 6.54. The highest BCUT2D eigenvalue weighted by Gasteiger charge is 2.44. The number of nitrogens with one attached hydrogen (secondary N) is 2. The molecule has 3 aromatic rings. The Bertz CT molecular complexity index is 972. The molecule has 29 heavy (non-hydrogen) atoms. The molecular formula is C22H18Cl2N2O3. The van der Waals surface area contributed by atoms with E-state index in [1.807, 2.05) is 12.1 Å². The number of ether oxygens (including phenoxy) is 1. The molecule has 0 aliphatic heterocycles. The molecule has 1 amide bonds. The summed E-state index contributed by atoms with van der Waals surface area (Å²) in [7, 11) is 1.29. The summed E-state index contributed by atoms with van der Waals surface area (Å²) in [5.41, 5.74) is 5.36. The highest BCUT2D eigenvalue weighted by atomic mass is 35.5. The highest BCUT2D eigenvalue weighted by Crippen LogP contribution is 2.31. The summed E-state index contributed by atoms with van der Waals surface area (Å²) in [6.45, 7) is 0. The molecule has 0 heterocycles. The molecule has 0 radical (unpaired) electrons. The van der Waals surface area contributed by atoms with Gasteiger partial charge in [0.1, 0.15) is 0 Å². The van der Waals surface area contributed by atoms with Gasteiger partial charge in [-0.15, -0.1) is 0 Å². The van der Waals surface area contributed by atoms with Gasteiger partial charge < -0.3 is 4.74 Å². The van der Waals surface area contributed by atoms with Crippen molar-refractivity contribution >= 4 is 35.1 Å². The molecular weight excluding hydrogens is 411 g/mol. The van der Waals surface area contributed by atoms with E-state index in [9.17, 15) is 9.59 Å². The van der Waals surface area contributed by atoms with Crippen LogP contribution in [0.1, 0.15) is 21.5 Å². The first-order valence-electron chi connectivity index (χ1n) is 8.71. The molecule has 3 aromatic carbocycles. The van der Waals surface area contributed by atoms with Crippen LogP contribution >= 0.6 is 23.2 Å². The van der Waals surface area contributed by atoms with Crippen molar-refractivity contribution in [1.29, 1.82) is 0 Å². The minimum Gasteiger partial charge on any atom is -0.467 e. The van der Waals surface area contributed by atoms with Crippen molar-refractivity contribution in [2.75, 3.05) is 7.11 Å². The number of benzene rings is 3. The molecule has 2 N–H and O–H groups in total. The van der Waals surface area contributed by atoms with E-state index in [0.717, 1.165) is 0 Å². The first kappa shape index (κ1) is 20.9. The van der Waals surface area contributed by atoms with E-state index in [1.165, 1.54) is 19.2 Å². The second-order valence-electron chi connectivity index (χ2n) is 6.18. The second-order valence-corrected chi connectivity index (χ2v) is 7.02. The fourth-order valence-corrected chi connectivity index (χ4v) is 3.39. The van der Waals surface area contributed by atoms with Gasteiger partial charge in [0.25, 0.3) is 5.91 Å². The van der Waals surface area contributed by atoms with Gasteiger partial charge in [-0.25, -0.2) is 10.2 Å². The number of rotatable bonds is 6. The molecule has 5 nitrogen and oxygen atoms in total. The number of halogens is 2. The Morgan fingerprint density at radius 2 is 1.41 bits per heavy atom. The molecule has 148 valence electrons. The molecule has 7 heteroatoms. The topological polar surface area (TPSA) is 67.4 Å². The van der Waals surface area contributed by atoms with Crippen molar-refractivity contribution in [2.45, 2.75) is 5.54 Å². The lowest BCUT2D eigenvalue weighted by atomic mass is 9.83. The summed E-state index contributed by atoms with van der Waals surface area (Å²) in [6, 6.07) is 22.5. The number of hydrogen-bond acceptors (Lipinski definition) is 4. The Morgan fingerprint density at radius 3 is 1.93 bits per heavy atom. The van der Waals surface area contributed by atoms with E-state index in [-0.39, 0.29) is 10.6 Å². The lowest BCUT2D eigenvalue weighted by Gasteiger charge is -2.33. The molecule has 0 saturated heterocycles. The van der Waals surface area contributed by atoms with E-state index >= 15 is 0 Å². The average Bonchev–Trinajstić information content (AvgIpc) is 2.77. The lowest BCUT2D eigenvalue weighted by molar-refractivity contribution is -0.147. The summed E-state index contributed by atoms with van der Waals surface area (Å²) < 4.78 is 5.11. The van der Waals surface area contributed by atoms with Gasteiger partial charge in [-0.2, -0.15) is 0 Å². The fourth-order valence-electron chi connectivity index (χ4n) is 3.02. The van der Waals surface area contributed by atoms with E-state index in [4.69, 9.17) is 27.9 Å². The van der Waals surface area contributed by atoms with E-state index in [0.29, 0.717) is 16.1 Å². The van der Waals surface area contributed by atoms with Crippen LogP contribution in [0, 0.1) is 0 Å². The number of amides is 1. The second kappa shape index (κ2) is 9.09. The van der Waals surface area contributed by atoms with Crippen LogP contribution < -0.4 is 10.9 Å². The summed E-state index contributed by atoms with van der Waals surface area (Å²) in [5, 5.41) is 0.599. The highest BCUT2D eigenvalue weighted by molar-refractivity contribution is 6.35. The van der Waals surface area contributed by atoms with Gasteiger partial charge in [0, 0.05) is 5.02 Å². The largest absolute Gasteiger partial charge is 0.467 e. The SMILES string of the molecule is COC(=O)C(NNC(=O)c1cc(Cl)ccc1Cl)(c1ccccc1)c1ccccc1. The number of hydrazine groups is 1. The summed E-state index contributed by atoms with van der Waals surface area (Å²) in [6.07, 6.45) is 0. The maximum Gasteiger partial charge on any atom is 0.337 e. The molecule has 0 spiro atoms. The van der Waals surface area contributed by atoms with Crippen molar-refractivity contribution in [3.05, 3.63) is 106 Å². The minimum atomic E-state index is -1.47. The Labute approximate surface area is 178 Å². The fraction of sp³-hybridized carbons (Fsp3) is 0.0909. The number of carbonyl (C=O) groups is 2. The maximum absolute atomic E-state index is 13.0. The van der Waals surface area contributed by atoms with Gasteiger partial charge in [0.05, 0.1) is 17.7 Å². The molecule has 0 aliphatic rings. The van der Waals surface area contributed by atoms with Crippen LogP contribution in [-0.2, 0) is 15.1 Å². The van der Waals surface area contributed by atoms with E-state index < -0.39 is 17.4 Å². The van der Waals surface area contributed by atoms with Crippen LogP contribution in [0.3, 0.4) is 0 Å². The average molecular weight is 429 g/mol. The Hall–Kier alpha value is -2.86. The molecule has 0 atom stereocenters. The summed E-state index contributed by atoms with van der Waals surface area (Å²) >= 11 is 12.1. The first-order chi connectivity index (χ1) is 14.0. The van der Waals surface area contributed by atoms with Crippen LogP contribution in [0.5, 0.6) is 0 Å². The smallest absolute Gasteiger partial charge is 0.337 e. The lowest BCUT2D eigenvalue weighted by Crippen LogP contribution is -2.57. The van der Waals surface area contributed by atoms with Crippen LogP contribution in [0.4, 0.5) is 0 Å². The zero-order valence-corrected chi connectivity index (χ0v) is 17.0. The Balaban J connectivity index is 2.05. The van der Waals surface area contributed by atoms with Gasteiger partial charge in [0.2, 0.25) is 0 Å². The van der Waals surface area contributed by atoms with E-state index in [1.54, 1.807) is 54.6 Å². The third-order valence-electron chi connectivity index (χ3n) is 4.44. The molecule has 0 bridgehead atoms. The van der Waals surface area contributed by atoms with Crippen LogP contribution in [0.25, 0.3) is 0 Å². The van der Waals surface area contributed by atoms with Crippen LogP contribution in [0.2, 0.25) is 10.0 Å². The molecule has 0 aliphatic carbocycles. The zero-order chi connectivity index (χ0) is 20.9. The minimum absolute atomic E-state index is 0.173. The van der Waals surface area contributed by atoms with Gasteiger partial charge in [-0.05, 0) is 29.3 Å². The number of hydrogen-bond donors (Lipinski definition) is 2. The van der Waals surface area contributed by atoms with Crippen LogP contribution in [-0.4, -0.2) is 19.0 Å². The maximum atomic E-state index is 13.0. The third kappa shape index (κ3) is 4.27. The van der Waals surface area contributed by atoms with Crippen molar-refractivity contribution < 1.29 is 14.3 Å². The molecule has 0 fully saturated rings. The van der Waals surface area contributed by atoms with Crippen molar-refractivity contribution in [1.82, 2.24) is 10.9 Å². The number of carbonyl (C=O) groups excluding carboxylic acids is 2.